The van der Waals surface area contributed by atoms with E-state index >= 15 is 0 Å². The summed E-state index contributed by atoms with van der Waals surface area (Å²) in [6.45, 7) is 3.72. The molecule has 0 spiro atoms. The molecule has 2 rings (SSSR count). The normalized spacial score (nSPS) is 14.1. The van der Waals surface area contributed by atoms with E-state index in [1.54, 1.807) is 12.4 Å². The van der Waals surface area contributed by atoms with Crippen LogP contribution in [0.15, 0.2) is 17.8 Å². The van der Waals surface area contributed by atoms with Crippen LogP contribution in [0.4, 0.5) is 0 Å². The highest BCUT2D eigenvalue weighted by molar-refractivity contribution is 7.15. The highest BCUT2D eigenvalue weighted by Crippen LogP contribution is 2.15. The molecule has 0 bridgehead atoms. The summed E-state index contributed by atoms with van der Waals surface area (Å²) >= 11 is 1.45. The fourth-order valence-corrected chi connectivity index (χ4v) is 2.82. The molecule has 0 aliphatic heterocycles. The van der Waals surface area contributed by atoms with Crippen molar-refractivity contribution in [3.8, 4) is 0 Å². The lowest BCUT2D eigenvalue weighted by Crippen LogP contribution is -2.45. The molecule has 0 aliphatic rings. The maximum Gasteiger partial charge on any atom is 0.326 e. The van der Waals surface area contributed by atoms with Crippen LogP contribution in [-0.2, 0) is 16.0 Å². The van der Waals surface area contributed by atoms with Crippen LogP contribution in [0.2, 0.25) is 0 Å². The maximum atomic E-state index is 12.0. The summed E-state index contributed by atoms with van der Waals surface area (Å²) in [6.07, 6.45) is 4.31. The fraction of sp³-hybridized carbons (Fsp3) is 0.462. The van der Waals surface area contributed by atoms with Gasteiger partial charge in [-0.05, 0) is 5.92 Å². The molecule has 0 unspecified atom stereocenters. The fourth-order valence-electron chi connectivity index (χ4n) is 1.97. The van der Waals surface area contributed by atoms with E-state index in [0.29, 0.717) is 6.42 Å². The molecule has 0 aromatic carbocycles. The summed E-state index contributed by atoms with van der Waals surface area (Å²) in [5, 5.41) is 13.6. The standard InChI is InChI=1S/C13H17N3O3S/c1-3-8(2)11(12(18)19)15-10(17)6-9-7-20-13-14-4-5-16(9)13/h4-5,7-8,11H,3,6H2,1-2H3,(H,15,17)(H,18,19)/t8-,11-/m0/s1. The van der Waals surface area contributed by atoms with E-state index in [1.165, 1.54) is 11.3 Å². The van der Waals surface area contributed by atoms with Crippen molar-refractivity contribution in [1.29, 1.82) is 0 Å². The third-order valence-electron chi connectivity index (χ3n) is 3.35. The van der Waals surface area contributed by atoms with Gasteiger partial charge in [-0.25, -0.2) is 9.78 Å². The molecular weight excluding hydrogens is 278 g/mol. The predicted octanol–water partition coefficient (Wildman–Crippen LogP) is 1.55. The van der Waals surface area contributed by atoms with E-state index in [4.69, 9.17) is 5.11 Å². The average Bonchev–Trinajstić information content (AvgIpc) is 3.00. The van der Waals surface area contributed by atoms with E-state index in [1.807, 2.05) is 23.6 Å². The van der Waals surface area contributed by atoms with Gasteiger partial charge in [0.1, 0.15) is 6.04 Å². The number of nitrogens with one attached hydrogen (secondary N) is 1. The molecular formula is C13H17N3O3S. The summed E-state index contributed by atoms with van der Waals surface area (Å²) in [7, 11) is 0. The Hall–Kier alpha value is -1.89. The molecule has 0 saturated carbocycles. The number of hydrogen-bond acceptors (Lipinski definition) is 4. The van der Waals surface area contributed by atoms with Crippen molar-refractivity contribution in [2.75, 3.05) is 0 Å². The summed E-state index contributed by atoms with van der Waals surface area (Å²) in [5.74, 6) is -1.39. The first-order valence-electron chi connectivity index (χ1n) is 6.44. The Kier molecular flexibility index (Phi) is 4.39. The van der Waals surface area contributed by atoms with Gasteiger partial charge in [-0.1, -0.05) is 20.3 Å². The highest BCUT2D eigenvalue weighted by atomic mass is 32.1. The highest BCUT2D eigenvalue weighted by Gasteiger charge is 2.25. The Balaban J connectivity index is 2.05. The average molecular weight is 295 g/mol. The molecule has 1 amide bonds. The molecule has 2 aromatic heterocycles. The van der Waals surface area contributed by atoms with Crippen LogP contribution in [0.5, 0.6) is 0 Å². The van der Waals surface area contributed by atoms with Gasteiger partial charge in [0.25, 0.3) is 0 Å². The Bertz CT molecular complexity index is 619. The third-order valence-corrected chi connectivity index (χ3v) is 4.26. The van der Waals surface area contributed by atoms with Gasteiger partial charge in [0.05, 0.1) is 6.42 Å². The SMILES string of the molecule is CC[C@H](C)[C@H](NC(=O)Cc1csc2nccn12)C(=O)O. The number of carboxylic acid groups (broad SMARTS) is 1. The van der Waals surface area contributed by atoms with E-state index < -0.39 is 12.0 Å². The van der Waals surface area contributed by atoms with Crippen LogP contribution in [0.3, 0.4) is 0 Å². The van der Waals surface area contributed by atoms with Crippen LogP contribution in [0, 0.1) is 5.92 Å². The first kappa shape index (κ1) is 14.5. The zero-order valence-corrected chi connectivity index (χ0v) is 12.2. The zero-order valence-electron chi connectivity index (χ0n) is 11.4. The van der Waals surface area contributed by atoms with Gasteiger partial charge in [-0.3, -0.25) is 9.20 Å². The van der Waals surface area contributed by atoms with Gasteiger partial charge in [-0.15, -0.1) is 11.3 Å². The molecule has 0 aliphatic carbocycles. The number of nitrogens with zero attached hydrogens (tertiary/aromatic N) is 2. The van der Waals surface area contributed by atoms with Crippen molar-refractivity contribution < 1.29 is 14.7 Å². The molecule has 6 nitrogen and oxygen atoms in total. The summed E-state index contributed by atoms with van der Waals surface area (Å²) in [5.41, 5.74) is 0.813. The van der Waals surface area contributed by atoms with E-state index in [-0.39, 0.29) is 18.2 Å². The molecule has 2 heterocycles. The van der Waals surface area contributed by atoms with Gasteiger partial charge in [-0.2, -0.15) is 0 Å². The minimum atomic E-state index is -0.995. The van der Waals surface area contributed by atoms with Gasteiger partial charge in [0, 0.05) is 23.5 Å². The van der Waals surface area contributed by atoms with Crippen LogP contribution in [0.1, 0.15) is 26.0 Å². The summed E-state index contributed by atoms with van der Waals surface area (Å²) in [6, 6.07) is -0.843. The number of thiazole rings is 1. The van der Waals surface area contributed by atoms with E-state index in [9.17, 15) is 9.59 Å². The van der Waals surface area contributed by atoms with Crippen LogP contribution >= 0.6 is 11.3 Å². The second-order valence-corrected chi connectivity index (χ2v) is 5.59. The lowest BCUT2D eigenvalue weighted by molar-refractivity contribution is -0.143. The van der Waals surface area contributed by atoms with Crippen LogP contribution in [-0.4, -0.2) is 32.4 Å². The van der Waals surface area contributed by atoms with Crippen LogP contribution in [0.25, 0.3) is 4.96 Å². The third kappa shape index (κ3) is 2.98. The van der Waals surface area contributed by atoms with E-state index in [2.05, 4.69) is 10.3 Å². The second-order valence-electron chi connectivity index (χ2n) is 4.75. The Morgan fingerprint density at radius 1 is 1.55 bits per heavy atom. The maximum absolute atomic E-state index is 12.0. The molecule has 0 saturated heterocycles. The number of aliphatic carboxylic acids is 1. The Morgan fingerprint density at radius 2 is 2.30 bits per heavy atom. The smallest absolute Gasteiger partial charge is 0.326 e. The van der Waals surface area contributed by atoms with E-state index in [0.717, 1.165) is 10.7 Å². The Morgan fingerprint density at radius 3 is 2.95 bits per heavy atom. The van der Waals surface area contributed by atoms with Crippen molar-refractivity contribution in [3.05, 3.63) is 23.5 Å². The molecule has 20 heavy (non-hydrogen) atoms. The second kappa shape index (κ2) is 6.04. The summed E-state index contributed by atoms with van der Waals surface area (Å²) in [4.78, 5) is 28.1. The van der Waals surface area contributed by atoms with Crippen molar-refractivity contribution in [2.45, 2.75) is 32.7 Å². The van der Waals surface area contributed by atoms with Crippen molar-refractivity contribution in [1.82, 2.24) is 14.7 Å². The number of carboxylic acids is 1. The number of fused-ring (bicyclic) bond motifs is 1. The quantitative estimate of drug-likeness (QED) is 0.847. The first-order chi connectivity index (χ1) is 9.52. The minimum Gasteiger partial charge on any atom is -0.480 e. The topological polar surface area (TPSA) is 83.7 Å². The molecule has 7 heteroatoms. The van der Waals surface area contributed by atoms with Gasteiger partial charge in [0.2, 0.25) is 5.91 Å². The monoisotopic (exact) mass is 295 g/mol. The number of rotatable bonds is 6. The number of hydrogen-bond donors (Lipinski definition) is 2. The molecule has 2 aromatic rings. The predicted molar refractivity (Wildman–Crippen MR) is 75.8 cm³/mol. The first-order valence-corrected chi connectivity index (χ1v) is 7.32. The number of imidazole rings is 1. The van der Waals surface area contributed by atoms with Gasteiger partial charge >= 0.3 is 5.97 Å². The lowest BCUT2D eigenvalue weighted by atomic mass is 9.99. The van der Waals surface area contributed by atoms with Crippen molar-refractivity contribution in [3.63, 3.8) is 0 Å². The number of amides is 1. The van der Waals surface area contributed by atoms with Crippen molar-refractivity contribution >= 4 is 28.2 Å². The largest absolute Gasteiger partial charge is 0.480 e. The van der Waals surface area contributed by atoms with Gasteiger partial charge in [0.15, 0.2) is 4.96 Å². The zero-order chi connectivity index (χ0) is 14.7. The Labute approximate surface area is 120 Å². The number of carbonyl (C=O) groups excluding carboxylic acids is 1. The van der Waals surface area contributed by atoms with Crippen molar-refractivity contribution in [2.24, 2.45) is 5.92 Å². The number of aromatic nitrogens is 2. The van der Waals surface area contributed by atoms with Gasteiger partial charge < -0.3 is 10.4 Å². The molecule has 0 fully saturated rings. The molecule has 0 radical (unpaired) electrons. The molecule has 108 valence electrons. The lowest BCUT2D eigenvalue weighted by Gasteiger charge is -2.19. The minimum absolute atomic E-state index is 0.104. The molecule has 2 atom stereocenters. The van der Waals surface area contributed by atoms with Crippen LogP contribution < -0.4 is 5.32 Å². The summed E-state index contributed by atoms with van der Waals surface area (Å²) < 4.78 is 1.84. The molecule has 2 N–H and O–H groups in total. The number of carbonyl (C=O) groups is 2.